The molecule has 104 valence electrons. The molecule has 20 heavy (non-hydrogen) atoms. The number of halogens is 1. The molecule has 0 atom stereocenters. The van der Waals surface area contributed by atoms with Crippen LogP contribution < -0.4 is 10.1 Å². The van der Waals surface area contributed by atoms with Gasteiger partial charge < -0.3 is 10.1 Å². The van der Waals surface area contributed by atoms with Gasteiger partial charge in [0.1, 0.15) is 5.75 Å². The molecule has 0 heterocycles. The number of rotatable bonds is 4. The van der Waals surface area contributed by atoms with Crippen LogP contribution in [0.5, 0.6) is 5.75 Å². The van der Waals surface area contributed by atoms with Crippen molar-refractivity contribution in [2.24, 2.45) is 0 Å². The second kappa shape index (κ2) is 6.44. The summed E-state index contributed by atoms with van der Waals surface area (Å²) in [7, 11) is 1.59. The molecular formula is C16H16ClNO2. The van der Waals surface area contributed by atoms with Crippen LogP contribution in [0.1, 0.15) is 11.1 Å². The first kappa shape index (κ1) is 14.4. The zero-order valence-electron chi connectivity index (χ0n) is 11.4. The van der Waals surface area contributed by atoms with E-state index in [-0.39, 0.29) is 12.3 Å². The molecule has 0 radical (unpaired) electrons. The standard InChI is InChI=1S/C16H16ClNO2/c1-11-7-8-14(13(17)9-11)18-16(19)10-12-5-3-4-6-15(12)20-2/h3-9H,10H2,1-2H3,(H,18,19). The Kier molecular flexibility index (Phi) is 4.64. The first-order valence-corrected chi connectivity index (χ1v) is 6.66. The van der Waals surface area contributed by atoms with Crippen molar-refractivity contribution < 1.29 is 9.53 Å². The Morgan fingerprint density at radius 2 is 2.00 bits per heavy atom. The monoisotopic (exact) mass is 289 g/mol. The van der Waals surface area contributed by atoms with Crippen LogP contribution in [0.25, 0.3) is 0 Å². The number of nitrogens with one attached hydrogen (secondary N) is 1. The fourth-order valence-corrected chi connectivity index (χ4v) is 2.22. The summed E-state index contributed by atoms with van der Waals surface area (Å²) < 4.78 is 5.23. The Bertz CT molecular complexity index is 626. The number of benzene rings is 2. The number of para-hydroxylation sites is 1. The maximum Gasteiger partial charge on any atom is 0.228 e. The second-order valence-electron chi connectivity index (χ2n) is 4.52. The van der Waals surface area contributed by atoms with Crippen LogP contribution >= 0.6 is 11.6 Å². The van der Waals surface area contributed by atoms with E-state index in [0.29, 0.717) is 16.5 Å². The molecule has 2 aromatic carbocycles. The molecule has 1 amide bonds. The van der Waals surface area contributed by atoms with Gasteiger partial charge in [0, 0.05) is 5.56 Å². The molecule has 0 saturated carbocycles. The molecule has 0 aliphatic carbocycles. The minimum absolute atomic E-state index is 0.125. The number of hydrogen-bond donors (Lipinski definition) is 1. The zero-order valence-corrected chi connectivity index (χ0v) is 12.2. The van der Waals surface area contributed by atoms with Gasteiger partial charge in [0.05, 0.1) is 24.2 Å². The summed E-state index contributed by atoms with van der Waals surface area (Å²) in [5, 5.41) is 3.35. The highest BCUT2D eigenvalue weighted by Gasteiger charge is 2.10. The SMILES string of the molecule is COc1ccccc1CC(=O)Nc1ccc(C)cc1Cl. The summed E-state index contributed by atoms with van der Waals surface area (Å²) in [5.74, 6) is 0.581. The number of carbonyl (C=O) groups is 1. The van der Waals surface area contributed by atoms with Crippen molar-refractivity contribution in [3.8, 4) is 5.75 Å². The summed E-state index contributed by atoms with van der Waals surface area (Å²) in [6, 6.07) is 13.0. The van der Waals surface area contributed by atoms with Gasteiger partial charge in [0.2, 0.25) is 5.91 Å². The maximum atomic E-state index is 12.1. The van der Waals surface area contributed by atoms with Crippen molar-refractivity contribution in [1.29, 1.82) is 0 Å². The first-order valence-electron chi connectivity index (χ1n) is 6.28. The highest BCUT2D eigenvalue weighted by molar-refractivity contribution is 6.33. The van der Waals surface area contributed by atoms with Gasteiger partial charge in [-0.2, -0.15) is 0 Å². The molecule has 0 bridgehead atoms. The summed E-state index contributed by atoms with van der Waals surface area (Å²) in [6.07, 6.45) is 0.244. The van der Waals surface area contributed by atoms with Gasteiger partial charge in [-0.3, -0.25) is 4.79 Å². The van der Waals surface area contributed by atoms with Crippen molar-refractivity contribution in [1.82, 2.24) is 0 Å². The van der Waals surface area contributed by atoms with Gasteiger partial charge in [-0.05, 0) is 30.7 Å². The quantitative estimate of drug-likeness (QED) is 0.929. The third kappa shape index (κ3) is 3.52. The molecule has 0 saturated heterocycles. The van der Waals surface area contributed by atoms with E-state index in [1.807, 2.05) is 43.3 Å². The topological polar surface area (TPSA) is 38.3 Å². The molecular weight excluding hydrogens is 274 g/mol. The van der Waals surface area contributed by atoms with Gasteiger partial charge in [-0.25, -0.2) is 0 Å². The summed E-state index contributed by atoms with van der Waals surface area (Å²) in [5.41, 5.74) is 2.52. The fraction of sp³-hybridized carbons (Fsp3) is 0.188. The lowest BCUT2D eigenvalue weighted by molar-refractivity contribution is -0.115. The maximum absolute atomic E-state index is 12.1. The third-order valence-electron chi connectivity index (χ3n) is 2.94. The summed E-state index contributed by atoms with van der Waals surface area (Å²) in [4.78, 5) is 12.1. The Labute approximate surface area is 123 Å². The second-order valence-corrected chi connectivity index (χ2v) is 4.93. The molecule has 4 heteroatoms. The number of amides is 1. The average Bonchev–Trinajstić information content (AvgIpc) is 2.42. The molecule has 1 N–H and O–H groups in total. The van der Waals surface area contributed by atoms with Crippen molar-refractivity contribution in [2.45, 2.75) is 13.3 Å². The lowest BCUT2D eigenvalue weighted by atomic mass is 10.1. The molecule has 0 aliphatic rings. The number of hydrogen-bond acceptors (Lipinski definition) is 2. The number of carbonyl (C=O) groups excluding carboxylic acids is 1. The Morgan fingerprint density at radius 3 is 2.70 bits per heavy atom. The van der Waals surface area contributed by atoms with E-state index in [4.69, 9.17) is 16.3 Å². The molecule has 2 aromatic rings. The largest absolute Gasteiger partial charge is 0.496 e. The lowest BCUT2D eigenvalue weighted by Gasteiger charge is -2.10. The summed E-state index contributed by atoms with van der Waals surface area (Å²) >= 11 is 6.10. The smallest absolute Gasteiger partial charge is 0.228 e. The highest BCUT2D eigenvalue weighted by atomic mass is 35.5. The number of ether oxygens (including phenoxy) is 1. The number of aryl methyl sites for hydroxylation is 1. The van der Waals surface area contributed by atoms with Gasteiger partial charge >= 0.3 is 0 Å². The predicted octanol–water partition coefficient (Wildman–Crippen LogP) is 3.84. The Morgan fingerprint density at radius 1 is 1.25 bits per heavy atom. The molecule has 0 unspecified atom stereocenters. The number of anilines is 1. The first-order chi connectivity index (χ1) is 9.60. The minimum atomic E-state index is -0.125. The lowest BCUT2D eigenvalue weighted by Crippen LogP contribution is -2.15. The number of methoxy groups -OCH3 is 1. The predicted molar refractivity (Wildman–Crippen MR) is 81.5 cm³/mol. The van der Waals surface area contributed by atoms with Crippen molar-refractivity contribution in [3.63, 3.8) is 0 Å². The Balaban J connectivity index is 2.09. The minimum Gasteiger partial charge on any atom is -0.496 e. The Hall–Kier alpha value is -2.00. The molecule has 0 spiro atoms. The van der Waals surface area contributed by atoms with Crippen LogP contribution in [0.3, 0.4) is 0 Å². The zero-order chi connectivity index (χ0) is 14.5. The van der Waals surface area contributed by atoms with Gasteiger partial charge in [-0.1, -0.05) is 35.9 Å². The molecule has 3 nitrogen and oxygen atoms in total. The molecule has 0 aromatic heterocycles. The van der Waals surface area contributed by atoms with Gasteiger partial charge in [0.15, 0.2) is 0 Å². The van der Waals surface area contributed by atoms with Gasteiger partial charge in [-0.15, -0.1) is 0 Å². The van der Waals surface area contributed by atoms with E-state index in [1.54, 1.807) is 13.2 Å². The van der Waals surface area contributed by atoms with E-state index in [0.717, 1.165) is 11.1 Å². The van der Waals surface area contributed by atoms with Crippen molar-refractivity contribution in [2.75, 3.05) is 12.4 Å². The third-order valence-corrected chi connectivity index (χ3v) is 3.25. The average molecular weight is 290 g/mol. The van der Waals surface area contributed by atoms with E-state index in [2.05, 4.69) is 5.32 Å². The molecule has 2 rings (SSSR count). The summed E-state index contributed by atoms with van der Waals surface area (Å²) in [6.45, 7) is 1.95. The van der Waals surface area contributed by atoms with Crippen LogP contribution in [0.4, 0.5) is 5.69 Å². The molecule has 0 aliphatic heterocycles. The van der Waals surface area contributed by atoms with Crippen LogP contribution in [-0.4, -0.2) is 13.0 Å². The van der Waals surface area contributed by atoms with E-state index in [9.17, 15) is 4.79 Å². The highest BCUT2D eigenvalue weighted by Crippen LogP contribution is 2.23. The van der Waals surface area contributed by atoms with Crippen LogP contribution in [0, 0.1) is 6.92 Å². The van der Waals surface area contributed by atoms with Crippen LogP contribution in [0.15, 0.2) is 42.5 Å². The van der Waals surface area contributed by atoms with E-state index < -0.39 is 0 Å². The van der Waals surface area contributed by atoms with E-state index >= 15 is 0 Å². The fourth-order valence-electron chi connectivity index (χ4n) is 1.94. The van der Waals surface area contributed by atoms with Crippen LogP contribution in [-0.2, 0) is 11.2 Å². The molecule has 0 fully saturated rings. The van der Waals surface area contributed by atoms with E-state index in [1.165, 1.54) is 0 Å². The normalized spacial score (nSPS) is 10.2. The van der Waals surface area contributed by atoms with Crippen LogP contribution in [0.2, 0.25) is 5.02 Å². The van der Waals surface area contributed by atoms with Gasteiger partial charge in [0.25, 0.3) is 0 Å². The van der Waals surface area contributed by atoms with Crippen molar-refractivity contribution in [3.05, 3.63) is 58.6 Å². The van der Waals surface area contributed by atoms with Crippen molar-refractivity contribution >= 4 is 23.2 Å².